The molecule has 0 atom stereocenters. The number of fused-ring (bicyclic) bond motifs is 1. The van der Waals surface area contributed by atoms with Crippen LogP contribution < -0.4 is 5.32 Å². The maximum atomic E-state index is 12.3. The van der Waals surface area contributed by atoms with E-state index in [0.717, 1.165) is 22.5 Å². The van der Waals surface area contributed by atoms with Gasteiger partial charge in [0.05, 0.1) is 11.0 Å². The molecular formula is C20H18N4O. The molecule has 4 aromatic rings. The average Bonchev–Trinajstić information content (AvgIpc) is 3.31. The van der Waals surface area contributed by atoms with Crippen molar-refractivity contribution in [2.24, 2.45) is 0 Å². The van der Waals surface area contributed by atoms with Crippen LogP contribution in [-0.4, -0.2) is 27.0 Å². The lowest BCUT2D eigenvalue weighted by Gasteiger charge is -2.06. The van der Waals surface area contributed by atoms with Gasteiger partial charge in [0.15, 0.2) is 0 Å². The van der Waals surface area contributed by atoms with Gasteiger partial charge in [-0.15, -0.1) is 0 Å². The first kappa shape index (κ1) is 15.2. The van der Waals surface area contributed by atoms with Gasteiger partial charge in [-0.2, -0.15) is 0 Å². The highest BCUT2D eigenvalue weighted by molar-refractivity contribution is 5.94. The molecule has 4 rings (SSSR count). The Balaban J connectivity index is 1.35. The number of hydrogen-bond donors (Lipinski definition) is 2. The largest absolute Gasteiger partial charge is 0.352 e. The highest BCUT2D eigenvalue weighted by atomic mass is 16.1. The summed E-state index contributed by atoms with van der Waals surface area (Å²) in [5, 5.41) is 2.94. The van der Waals surface area contributed by atoms with E-state index in [1.807, 2.05) is 77.6 Å². The van der Waals surface area contributed by atoms with E-state index in [-0.39, 0.29) is 5.91 Å². The third kappa shape index (κ3) is 3.30. The lowest BCUT2D eigenvalue weighted by molar-refractivity contribution is 0.0954. The number of aromatic amines is 1. The highest BCUT2D eigenvalue weighted by Gasteiger charge is 2.07. The van der Waals surface area contributed by atoms with Crippen LogP contribution >= 0.6 is 0 Å². The van der Waals surface area contributed by atoms with Gasteiger partial charge >= 0.3 is 0 Å². The predicted octanol–water partition coefficient (Wildman–Crippen LogP) is 3.33. The molecule has 5 heteroatoms. The topological polar surface area (TPSA) is 62.7 Å². The number of hydrogen-bond acceptors (Lipinski definition) is 2. The molecule has 5 nitrogen and oxygen atoms in total. The van der Waals surface area contributed by atoms with Crippen LogP contribution in [0.5, 0.6) is 0 Å². The SMILES string of the molecule is O=C(NCCc1nc2ccccc2[nH]1)c1ccc(-n2cccc2)cc1. The van der Waals surface area contributed by atoms with Crippen molar-refractivity contribution in [3.05, 3.63) is 84.4 Å². The summed E-state index contributed by atoms with van der Waals surface area (Å²) in [6, 6.07) is 19.4. The van der Waals surface area contributed by atoms with Crippen LogP contribution in [-0.2, 0) is 6.42 Å². The maximum absolute atomic E-state index is 12.3. The van der Waals surface area contributed by atoms with Crippen LogP contribution in [0.2, 0.25) is 0 Å². The van der Waals surface area contributed by atoms with E-state index >= 15 is 0 Å². The molecule has 0 spiro atoms. The Morgan fingerprint density at radius 2 is 1.76 bits per heavy atom. The van der Waals surface area contributed by atoms with Crippen LogP contribution in [0.15, 0.2) is 73.1 Å². The molecular weight excluding hydrogens is 312 g/mol. The molecule has 0 saturated carbocycles. The minimum absolute atomic E-state index is 0.0739. The molecule has 0 bridgehead atoms. The molecule has 0 aliphatic rings. The maximum Gasteiger partial charge on any atom is 0.251 e. The van der Waals surface area contributed by atoms with E-state index in [1.54, 1.807) is 0 Å². The van der Waals surface area contributed by atoms with Gasteiger partial charge in [-0.25, -0.2) is 4.98 Å². The quantitative estimate of drug-likeness (QED) is 0.589. The van der Waals surface area contributed by atoms with Gasteiger partial charge < -0.3 is 14.9 Å². The Morgan fingerprint density at radius 1 is 1.00 bits per heavy atom. The van der Waals surface area contributed by atoms with Crippen molar-refractivity contribution in [3.8, 4) is 5.69 Å². The Kier molecular flexibility index (Phi) is 4.04. The van der Waals surface area contributed by atoms with Gasteiger partial charge in [-0.3, -0.25) is 4.79 Å². The first-order valence-corrected chi connectivity index (χ1v) is 8.25. The van der Waals surface area contributed by atoms with E-state index < -0.39 is 0 Å². The second kappa shape index (κ2) is 6.65. The van der Waals surface area contributed by atoms with Crippen molar-refractivity contribution in [2.45, 2.75) is 6.42 Å². The van der Waals surface area contributed by atoms with E-state index in [9.17, 15) is 4.79 Å². The van der Waals surface area contributed by atoms with Gasteiger partial charge in [0.25, 0.3) is 5.91 Å². The zero-order chi connectivity index (χ0) is 17.1. The Labute approximate surface area is 145 Å². The van der Waals surface area contributed by atoms with Gasteiger partial charge in [0, 0.05) is 36.6 Å². The zero-order valence-electron chi connectivity index (χ0n) is 13.6. The van der Waals surface area contributed by atoms with Crippen molar-refractivity contribution >= 4 is 16.9 Å². The molecule has 2 heterocycles. The van der Waals surface area contributed by atoms with E-state index in [4.69, 9.17) is 0 Å². The number of nitrogens with zero attached hydrogens (tertiary/aromatic N) is 2. The van der Waals surface area contributed by atoms with Crippen LogP contribution in [0, 0.1) is 0 Å². The molecule has 2 aromatic heterocycles. The summed E-state index contributed by atoms with van der Waals surface area (Å²) >= 11 is 0. The van der Waals surface area contributed by atoms with Crippen molar-refractivity contribution in [2.75, 3.05) is 6.54 Å². The zero-order valence-corrected chi connectivity index (χ0v) is 13.6. The molecule has 0 aliphatic heterocycles. The van der Waals surface area contributed by atoms with Gasteiger partial charge in [0.2, 0.25) is 0 Å². The number of nitrogens with one attached hydrogen (secondary N) is 2. The number of aromatic nitrogens is 3. The molecule has 0 unspecified atom stereocenters. The molecule has 0 aliphatic carbocycles. The Hall–Kier alpha value is -3.34. The lowest BCUT2D eigenvalue weighted by atomic mass is 10.2. The van der Waals surface area contributed by atoms with E-state index in [1.165, 1.54) is 0 Å². The molecule has 2 N–H and O–H groups in total. The number of para-hydroxylation sites is 2. The fourth-order valence-corrected chi connectivity index (χ4v) is 2.81. The fraction of sp³-hybridized carbons (Fsp3) is 0.100. The number of carbonyl (C=O) groups is 1. The van der Waals surface area contributed by atoms with Gasteiger partial charge in [0.1, 0.15) is 5.82 Å². The summed E-state index contributed by atoms with van der Waals surface area (Å²) in [5.74, 6) is 0.805. The minimum Gasteiger partial charge on any atom is -0.352 e. The molecule has 1 amide bonds. The summed E-state index contributed by atoms with van der Waals surface area (Å²) in [6.07, 6.45) is 4.62. The number of benzene rings is 2. The summed E-state index contributed by atoms with van der Waals surface area (Å²) in [4.78, 5) is 20.0. The normalized spacial score (nSPS) is 10.9. The first-order chi connectivity index (χ1) is 12.3. The number of carbonyl (C=O) groups excluding carboxylic acids is 1. The molecule has 0 fully saturated rings. The van der Waals surface area contributed by atoms with E-state index in [2.05, 4.69) is 15.3 Å². The second-order valence-electron chi connectivity index (χ2n) is 5.84. The summed E-state index contributed by atoms with van der Waals surface area (Å²) in [7, 11) is 0. The minimum atomic E-state index is -0.0739. The highest BCUT2D eigenvalue weighted by Crippen LogP contribution is 2.11. The van der Waals surface area contributed by atoms with Gasteiger partial charge in [-0.1, -0.05) is 12.1 Å². The standard InChI is InChI=1S/C20H18N4O/c25-20(15-7-9-16(10-8-15)24-13-3-4-14-24)21-12-11-19-22-17-5-1-2-6-18(17)23-19/h1-10,13-14H,11-12H2,(H,21,25)(H,22,23). The van der Waals surface area contributed by atoms with Crippen LogP contribution in [0.4, 0.5) is 0 Å². The Morgan fingerprint density at radius 3 is 2.52 bits per heavy atom. The third-order valence-electron chi connectivity index (χ3n) is 4.12. The van der Waals surface area contributed by atoms with Crippen molar-refractivity contribution in [1.82, 2.24) is 19.9 Å². The summed E-state index contributed by atoms with van der Waals surface area (Å²) in [6.45, 7) is 0.540. The van der Waals surface area contributed by atoms with Crippen LogP contribution in [0.3, 0.4) is 0 Å². The van der Waals surface area contributed by atoms with Crippen molar-refractivity contribution < 1.29 is 4.79 Å². The number of imidazole rings is 1. The smallest absolute Gasteiger partial charge is 0.251 e. The first-order valence-electron chi connectivity index (χ1n) is 8.25. The second-order valence-corrected chi connectivity index (χ2v) is 5.84. The predicted molar refractivity (Wildman–Crippen MR) is 97.9 cm³/mol. The molecule has 25 heavy (non-hydrogen) atoms. The summed E-state index contributed by atoms with van der Waals surface area (Å²) in [5.41, 5.74) is 3.65. The van der Waals surface area contributed by atoms with Crippen molar-refractivity contribution in [1.29, 1.82) is 0 Å². The summed E-state index contributed by atoms with van der Waals surface area (Å²) < 4.78 is 2.00. The van der Waals surface area contributed by atoms with Crippen LogP contribution in [0.1, 0.15) is 16.2 Å². The van der Waals surface area contributed by atoms with Gasteiger partial charge in [-0.05, 0) is 48.5 Å². The van der Waals surface area contributed by atoms with Crippen LogP contribution in [0.25, 0.3) is 16.7 Å². The molecule has 0 saturated heterocycles. The number of amides is 1. The van der Waals surface area contributed by atoms with Crippen molar-refractivity contribution in [3.63, 3.8) is 0 Å². The average molecular weight is 330 g/mol. The molecule has 124 valence electrons. The molecule has 0 radical (unpaired) electrons. The monoisotopic (exact) mass is 330 g/mol. The Bertz CT molecular complexity index is 951. The number of H-pyrrole nitrogens is 1. The molecule has 2 aromatic carbocycles. The third-order valence-corrected chi connectivity index (χ3v) is 4.12. The lowest BCUT2D eigenvalue weighted by Crippen LogP contribution is -2.25. The van der Waals surface area contributed by atoms with E-state index in [0.29, 0.717) is 18.5 Å². The number of rotatable bonds is 5. The fourth-order valence-electron chi connectivity index (χ4n) is 2.81.